The molecule has 34 heavy (non-hydrogen) atoms. The Morgan fingerprint density at radius 3 is 2.65 bits per heavy atom. The van der Waals surface area contributed by atoms with Gasteiger partial charge < -0.3 is 18.5 Å². The highest BCUT2D eigenvalue weighted by atomic mass is 32.2. The Bertz CT molecular complexity index is 1300. The summed E-state index contributed by atoms with van der Waals surface area (Å²) in [7, 11) is 0. The normalized spacial score (nSPS) is 14.8. The van der Waals surface area contributed by atoms with Crippen LogP contribution in [-0.2, 0) is 13.0 Å². The highest BCUT2D eigenvalue weighted by Crippen LogP contribution is 2.32. The molecule has 2 aromatic heterocycles. The molecule has 0 N–H and O–H groups in total. The smallest absolute Gasteiger partial charge is 0.277 e. The third kappa shape index (κ3) is 4.87. The van der Waals surface area contributed by atoms with E-state index in [4.69, 9.17) is 13.9 Å². The number of benzene rings is 2. The Morgan fingerprint density at radius 1 is 1.06 bits per heavy atom. The maximum atomic E-state index is 13.0. The first-order valence-corrected chi connectivity index (χ1v) is 12.1. The molecule has 0 radical (unpaired) electrons. The van der Waals surface area contributed by atoms with Crippen LogP contribution in [0, 0.1) is 13.8 Å². The first kappa shape index (κ1) is 22.3. The summed E-state index contributed by atoms with van der Waals surface area (Å²) in [5.41, 5.74) is 3.73. The van der Waals surface area contributed by atoms with Gasteiger partial charge in [-0.25, -0.2) is 0 Å². The minimum absolute atomic E-state index is 0.0262. The predicted molar refractivity (Wildman–Crippen MR) is 129 cm³/mol. The van der Waals surface area contributed by atoms with Crippen molar-refractivity contribution in [2.24, 2.45) is 0 Å². The van der Waals surface area contributed by atoms with Crippen LogP contribution < -0.4 is 9.47 Å². The molecule has 1 aliphatic rings. The van der Waals surface area contributed by atoms with Gasteiger partial charge in [-0.3, -0.25) is 4.79 Å². The van der Waals surface area contributed by atoms with E-state index in [1.807, 2.05) is 74.5 Å². The highest BCUT2D eigenvalue weighted by molar-refractivity contribution is 7.99. The zero-order valence-electron chi connectivity index (χ0n) is 19.1. The molecule has 5 rings (SSSR count). The molecule has 0 spiro atoms. The minimum Gasteiger partial charge on any atom is -0.486 e. The van der Waals surface area contributed by atoms with Gasteiger partial charge in [0.05, 0.1) is 18.7 Å². The Morgan fingerprint density at radius 2 is 1.82 bits per heavy atom. The number of para-hydroxylation sites is 2. The number of carbonyl (C=O) groups is 1. The molecule has 3 heterocycles. The summed E-state index contributed by atoms with van der Waals surface area (Å²) in [6.07, 6.45) is 0.444. The van der Waals surface area contributed by atoms with Gasteiger partial charge in [0.2, 0.25) is 5.89 Å². The highest BCUT2D eigenvalue weighted by Gasteiger charge is 2.24. The van der Waals surface area contributed by atoms with Gasteiger partial charge in [-0.1, -0.05) is 54.2 Å². The first-order chi connectivity index (χ1) is 16.6. The fraction of sp³-hybridized carbons (Fsp3) is 0.269. The van der Waals surface area contributed by atoms with Crippen LogP contribution in [0.5, 0.6) is 11.5 Å². The third-order valence-electron chi connectivity index (χ3n) is 5.80. The molecule has 8 heteroatoms. The molecule has 1 atom stereocenters. The van der Waals surface area contributed by atoms with Gasteiger partial charge in [0, 0.05) is 17.0 Å². The monoisotopic (exact) mass is 475 g/mol. The molecular formula is C26H25N3O4S. The second-order valence-corrected chi connectivity index (χ2v) is 9.16. The SMILES string of the molecule is Cc1cc(C(=O)CSc2nnc(Cc3ccccc3)o2)c(C)n1C[C@H]1COc2ccccc2O1. The van der Waals surface area contributed by atoms with Crippen LogP contribution in [0.4, 0.5) is 0 Å². The molecule has 0 unspecified atom stereocenters. The number of thioether (sulfide) groups is 1. The maximum Gasteiger partial charge on any atom is 0.277 e. The van der Waals surface area contributed by atoms with Crippen molar-refractivity contribution in [1.29, 1.82) is 0 Å². The lowest BCUT2D eigenvalue weighted by Gasteiger charge is -2.27. The van der Waals surface area contributed by atoms with Gasteiger partial charge in [-0.05, 0) is 37.6 Å². The summed E-state index contributed by atoms with van der Waals surface area (Å²) in [4.78, 5) is 13.0. The fourth-order valence-corrected chi connectivity index (χ4v) is 4.73. The van der Waals surface area contributed by atoms with Gasteiger partial charge >= 0.3 is 0 Å². The maximum absolute atomic E-state index is 13.0. The zero-order chi connectivity index (χ0) is 23.5. The van der Waals surface area contributed by atoms with Crippen molar-refractivity contribution in [2.75, 3.05) is 12.4 Å². The summed E-state index contributed by atoms with van der Waals surface area (Å²) in [6.45, 7) is 5.05. The lowest BCUT2D eigenvalue weighted by Crippen LogP contribution is -2.33. The van der Waals surface area contributed by atoms with Crippen molar-refractivity contribution < 1.29 is 18.7 Å². The molecule has 2 aromatic carbocycles. The van der Waals surface area contributed by atoms with Crippen LogP contribution in [0.15, 0.2) is 70.3 Å². The van der Waals surface area contributed by atoms with Crippen molar-refractivity contribution >= 4 is 17.5 Å². The van der Waals surface area contributed by atoms with Gasteiger partial charge in [-0.15, -0.1) is 10.2 Å². The number of ketones is 1. The number of rotatable bonds is 8. The Kier molecular flexibility index (Phi) is 6.40. The summed E-state index contributed by atoms with van der Waals surface area (Å²) >= 11 is 1.26. The predicted octanol–water partition coefficient (Wildman–Crippen LogP) is 4.89. The van der Waals surface area contributed by atoms with E-state index in [0.29, 0.717) is 36.2 Å². The van der Waals surface area contributed by atoms with Crippen LogP contribution in [0.25, 0.3) is 0 Å². The van der Waals surface area contributed by atoms with Crippen molar-refractivity contribution in [3.63, 3.8) is 0 Å². The van der Waals surface area contributed by atoms with Crippen molar-refractivity contribution in [3.8, 4) is 11.5 Å². The average molecular weight is 476 g/mol. The summed E-state index contributed by atoms with van der Waals surface area (Å²) in [6, 6.07) is 19.5. The quantitative estimate of drug-likeness (QED) is 0.265. The van der Waals surface area contributed by atoms with Gasteiger partial charge in [0.15, 0.2) is 23.4 Å². The lowest BCUT2D eigenvalue weighted by atomic mass is 10.2. The van der Waals surface area contributed by atoms with Crippen molar-refractivity contribution in [3.05, 3.63) is 89.1 Å². The Hall–Kier alpha value is -3.52. The number of aromatic nitrogens is 3. The van der Waals surface area contributed by atoms with E-state index in [9.17, 15) is 4.79 Å². The van der Waals surface area contributed by atoms with Crippen LogP contribution in [-0.4, -0.2) is 39.0 Å². The van der Waals surface area contributed by atoms with E-state index >= 15 is 0 Å². The van der Waals surface area contributed by atoms with Crippen molar-refractivity contribution in [2.45, 2.75) is 38.1 Å². The van der Waals surface area contributed by atoms with E-state index in [0.717, 1.165) is 28.5 Å². The molecule has 174 valence electrons. The van der Waals surface area contributed by atoms with E-state index in [1.54, 1.807) is 0 Å². The topological polar surface area (TPSA) is 79.4 Å². The van der Waals surface area contributed by atoms with Gasteiger partial charge in [0.1, 0.15) is 6.61 Å². The third-order valence-corrected chi connectivity index (χ3v) is 6.62. The second kappa shape index (κ2) is 9.77. The number of carbonyl (C=O) groups excluding carboxylic acids is 1. The Labute approximate surface area is 202 Å². The molecule has 0 aliphatic carbocycles. The molecule has 0 fully saturated rings. The van der Waals surface area contributed by atoms with Crippen LogP contribution in [0.1, 0.15) is 33.2 Å². The second-order valence-electron chi connectivity index (χ2n) is 8.23. The average Bonchev–Trinajstić information content (AvgIpc) is 3.42. The largest absolute Gasteiger partial charge is 0.486 e. The molecule has 7 nitrogen and oxygen atoms in total. The number of ether oxygens (including phenoxy) is 2. The number of Topliss-reactive ketones (excluding diaryl/α,β-unsaturated/α-hetero) is 1. The fourth-order valence-electron chi connectivity index (χ4n) is 4.06. The number of hydrogen-bond acceptors (Lipinski definition) is 7. The molecule has 0 bridgehead atoms. The van der Waals surface area contributed by atoms with E-state index in [2.05, 4.69) is 14.8 Å². The Balaban J connectivity index is 1.20. The number of aryl methyl sites for hydroxylation is 1. The standard InChI is InChI=1S/C26H25N3O4S/c1-17-12-21(18(2)29(17)14-20-15-31-23-10-6-7-11-24(23)32-20)22(30)16-34-26-28-27-25(33-26)13-19-8-4-3-5-9-19/h3-12,20H,13-16H2,1-2H3/t20-/m0/s1. The molecule has 0 saturated carbocycles. The first-order valence-electron chi connectivity index (χ1n) is 11.1. The minimum atomic E-state index is -0.126. The lowest BCUT2D eigenvalue weighted by molar-refractivity contribution is 0.0777. The van der Waals surface area contributed by atoms with Gasteiger partial charge in [0.25, 0.3) is 5.22 Å². The van der Waals surface area contributed by atoms with Crippen LogP contribution >= 0.6 is 11.8 Å². The molecular weight excluding hydrogens is 450 g/mol. The number of hydrogen-bond donors (Lipinski definition) is 0. The van der Waals surface area contributed by atoms with E-state index in [1.165, 1.54) is 11.8 Å². The number of fused-ring (bicyclic) bond motifs is 1. The zero-order valence-corrected chi connectivity index (χ0v) is 19.9. The molecule has 0 amide bonds. The molecule has 0 saturated heterocycles. The summed E-state index contributed by atoms with van der Waals surface area (Å²) in [5, 5.41) is 8.58. The van der Waals surface area contributed by atoms with Gasteiger partial charge in [-0.2, -0.15) is 0 Å². The van der Waals surface area contributed by atoms with Crippen LogP contribution in [0.3, 0.4) is 0 Å². The van der Waals surface area contributed by atoms with Crippen LogP contribution in [0.2, 0.25) is 0 Å². The van der Waals surface area contributed by atoms with Crippen molar-refractivity contribution in [1.82, 2.24) is 14.8 Å². The van der Waals surface area contributed by atoms with E-state index < -0.39 is 0 Å². The molecule has 4 aromatic rings. The summed E-state index contributed by atoms with van der Waals surface area (Å²) in [5.74, 6) is 2.31. The van der Waals surface area contributed by atoms with E-state index in [-0.39, 0.29) is 17.6 Å². The number of nitrogens with zero attached hydrogens (tertiary/aromatic N) is 3. The molecule has 1 aliphatic heterocycles. The summed E-state index contributed by atoms with van der Waals surface area (Å²) < 4.78 is 19.8.